The molecule has 0 heterocycles. The number of carbonyl (C=O) groups is 1. The van der Waals surface area contributed by atoms with Crippen molar-refractivity contribution in [2.24, 2.45) is 5.92 Å². The highest BCUT2D eigenvalue weighted by atomic mass is 79.9. The second kappa shape index (κ2) is 4.76. The number of rotatable bonds is 3. The molecule has 0 radical (unpaired) electrons. The standard InChI is InChI=1S/C12H13BrClNO/c1-7(8-5-6-8)15-12(16)9-3-2-4-10(13)11(9)14/h2-4,7-8H,5-6H2,1H3,(H,15,16). The van der Waals surface area contributed by atoms with Gasteiger partial charge in [0.25, 0.3) is 5.91 Å². The molecule has 1 aliphatic rings. The van der Waals surface area contributed by atoms with Gasteiger partial charge in [-0.05, 0) is 53.7 Å². The smallest absolute Gasteiger partial charge is 0.253 e. The Kier molecular flexibility index (Phi) is 3.55. The van der Waals surface area contributed by atoms with E-state index in [-0.39, 0.29) is 11.9 Å². The molecule has 1 N–H and O–H groups in total. The quantitative estimate of drug-likeness (QED) is 0.907. The van der Waals surface area contributed by atoms with E-state index in [1.54, 1.807) is 6.07 Å². The number of halogens is 2. The average Bonchev–Trinajstić information content (AvgIpc) is 3.05. The Labute approximate surface area is 108 Å². The first-order chi connectivity index (χ1) is 7.59. The summed E-state index contributed by atoms with van der Waals surface area (Å²) in [6.07, 6.45) is 2.43. The van der Waals surface area contributed by atoms with Gasteiger partial charge in [0.05, 0.1) is 10.6 Å². The van der Waals surface area contributed by atoms with Crippen LogP contribution in [0.1, 0.15) is 30.1 Å². The lowest BCUT2D eigenvalue weighted by Gasteiger charge is -2.13. The van der Waals surface area contributed by atoms with E-state index in [9.17, 15) is 4.79 Å². The van der Waals surface area contributed by atoms with E-state index in [4.69, 9.17) is 11.6 Å². The number of hydrogen-bond donors (Lipinski definition) is 1. The van der Waals surface area contributed by atoms with Gasteiger partial charge in [0.1, 0.15) is 0 Å². The van der Waals surface area contributed by atoms with Crippen LogP contribution in [0.4, 0.5) is 0 Å². The topological polar surface area (TPSA) is 29.1 Å². The third kappa shape index (κ3) is 2.58. The van der Waals surface area contributed by atoms with Gasteiger partial charge in [-0.1, -0.05) is 17.7 Å². The molecule has 1 saturated carbocycles. The third-order valence-corrected chi connectivity index (χ3v) is 4.18. The zero-order chi connectivity index (χ0) is 11.7. The van der Waals surface area contributed by atoms with E-state index in [2.05, 4.69) is 21.2 Å². The Morgan fingerprint density at radius 3 is 2.88 bits per heavy atom. The average molecular weight is 303 g/mol. The lowest BCUT2D eigenvalue weighted by atomic mass is 10.1. The molecule has 0 saturated heterocycles. The summed E-state index contributed by atoms with van der Waals surface area (Å²) in [4.78, 5) is 11.9. The summed E-state index contributed by atoms with van der Waals surface area (Å²) in [6, 6.07) is 5.61. The molecule has 1 amide bonds. The molecule has 1 aromatic rings. The molecule has 86 valence electrons. The maximum Gasteiger partial charge on any atom is 0.253 e. The summed E-state index contributed by atoms with van der Waals surface area (Å²) in [7, 11) is 0. The maximum atomic E-state index is 11.9. The molecule has 0 aliphatic heterocycles. The van der Waals surface area contributed by atoms with Crippen LogP contribution in [0.15, 0.2) is 22.7 Å². The van der Waals surface area contributed by atoms with Gasteiger partial charge in [0.15, 0.2) is 0 Å². The summed E-state index contributed by atoms with van der Waals surface area (Å²) >= 11 is 9.37. The minimum atomic E-state index is -0.0919. The van der Waals surface area contributed by atoms with Gasteiger partial charge < -0.3 is 5.32 Å². The van der Waals surface area contributed by atoms with Crippen LogP contribution >= 0.6 is 27.5 Å². The largest absolute Gasteiger partial charge is 0.349 e. The molecular weight excluding hydrogens is 289 g/mol. The minimum absolute atomic E-state index is 0.0919. The number of amides is 1. The third-order valence-electron chi connectivity index (χ3n) is 2.88. The van der Waals surface area contributed by atoms with Crippen molar-refractivity contribution in [1.29, 1.82) is 0 Å². The molecule has 4 heteroatoms. The van der Waals surface area contributed by atoms with Crippen molar-refractivity contribution in [3.05, 3.63) is 33.3 Å². The lowest BCUT2D eigenvalue weighted by molar-refractivity contribution is 0.0936. The summed E-state index contributed by atoms with van der Waals surface area (Å²) in [5.74, 6) is 0.556. The number of hydrogen-bond acceptors (Lipinski definition) is 1. The first kappa shape index (κ1) is 11.9. The van der Waals surface area contributed by atoms with Gasteiger partial charge in [-0.2, -0.15) is 0 Å². The van der Waals surface area contributed by atoms with Gasteiger partial charge in [0.2, 0.25) is 0 Å². The van der Waals surface area contributed by atoms with E-state index in [1.165, 1.54) is 12.8 Å². The van der Waals surface area contributed by atoms with E-state index in [0.717, 1.165) is 4.47 Å². The van der Waals surface area contributed by atoms with Gasteiger partial charge in [0, 0.05) is 10.5 Å². The predicted octanol–water partition coefficient (Wildman–Crippen LogP) is 3.63. The lowest BCUT2D eigenvalue weighted by Crippen LogP contribution is -2.34. The molecule has 16 heavy (non-hydrogen) atoms. The van der Waals surface area contributed by atoms with Gasteiger partial charge in [-0.25, -0.2) is 0 Å². The fourth-order valence-electron chi connectivity index (χ4n) is 1.68. The second-order valence-corrected chi connectivity index (χ2v) is 5.43. The van der Waals surface area contributed by atoms with Gasteiger partial charge >= 0.3 is 0 Å². The SMILES string of the molecule is CC(NC(=O)c1cccc(Br)c1Cl)C1CC1. The summed E-state index contributed by atoms with van der Waals surface area (Å²) < 4.78 is 0.751. The Bertz CT molecular complexity index is 417. The van der Waals surface area contributed by atoms with Crippen LogP contribution in [0.3, 0.4) is 0 Å². The van der Waals surface area contributed by atoms with Crippen molar-refractivity contribution in [2.75, 3.05) is 0 Å². The molecule has 1 aliphatic carbocycles. The second-order valence-electron chi connectivity index (χ2n) is 4.20. The molecule has 1 unspecified atom stereocenters. The highest BCUT2D eigenvalue weighted by molar-refractivity contribution is 9.10. The zero-order valence-electron chi connectivity index (χ0n) is 8.97. The zero-order valence-corrected chi connectivity index (χ0v) is 11.3. The van der Waals surface area contributed by atoms with Crippen LogP contribution in [0.2, 0.25) is 5.02 Å². The summed E-state index contributed by atoms with van der Waals surface area (Å²) in [6.45, 7) is 2.04. The number of carbonyl (C=O) groups excluding carboxylic acids is 1. The van der Waals surface area contributed by atoms with Crippen molar-refractivity contribution in [2.45, 2.75) is 25.8 Å². The van der Waals surface area contributed by atoms with Crippen LogP contribution in [0.25, 0.3) is 0 Å². The van der Waals surface area contributed by atoms with Crippen molar-refractivity contribution in [3.8, 4) is 0 Å². The van der Waals surface area contributed by atoms with Crippen LogP contribution in [-0.4, -0.2) is 11.9 Å². The van der Waals surface area contributed by atoms with Crippen molar-refractivity contribution < 1.29 is 4.79 Å². The van der Waals surface area contributed by atoms with E-state index < -0.39 is 0 Å². The highest BCUT2D eigenvalue weighted by Crippen LogP contribution is 2.33. The Balaban J connectivity index is 2.10. The Morgan fingerprint density at radius 1 is 1.56 bits per heavy atom. The molecular formula is C12H13BrClNO. The monoisotopic (exact) mass is 301 g/mol. The molecule has 0 spiro atoms. The highest BCUT2D eigenvalue weighted by Gasteiger charge is 2.29. The predicted molar refractivity (Wildman–Crippen MR) is 68.8 cm³/mol. The summed E-state index contributed by atoms with van der Waals surface area (Å²) in [5.41, 5.74) is 0.531. The molecule has 2 rings (SSSR count). The van der Waals surface area contributed by atoms with Crippen LogP contribution < -0.4 is 5.32 Å². The minimum Gasteiger partial charge on any atom is -0.349 e. The van der Waals surface area contributed by atoms with Gasteiger partial charge in [-0.3, -0.25) is 4.79 Å². The normalized spacial score (nSPS) is 16.9. The first-order valence-electron chi connectivity index (χ1n) is 5.34. The molecule has 0 bridgehead atoms. The van der Waals surface area contributed by atoms with E-state index in [0.29, 0.717) is 16.5 Å². The number of benzene rings is 1. The summed E-state index contributed by atoms with van der Waals surface area (Å²) in [5, 5.41) is 3.46. The molecule has 1 aromatic carbocycles. The Morgan fingerprint density at radius 2 is 2.25 bits per heavy atom. The molecule has 1 atom stereocenters. The fourth-order valence-corrected chi connectivity index (χ4v) is 2.26. The van der Waals surface area contributed by atoms with Crippen LogP contribution in [0, 0.1) is 5.92 Å². The maximum absolute atomic E-state index is 11.9. The van der Waals surface area contributed by atoms with Gasteiger partial charge in [-0.15, -0.1) is 0 Å². The van der Waals surface area contributed by atoms with Crippen molar-refractivity contribution >= 4 is 33.4 Å². The van der Waals surface area contributed by atoms with Crippen molar-refractivity contribution in [3.63, 3.8) is 0 Å². The molecule has 2 nitrogen and oxygen atoms in total. The number of nitrogens with one attached hydrogen (secondary N) is 1. The van der Waals surface area contributed by atoms with E-state index in [1.807, 2.05) is 19.1 Å². The van der Waals surface area contributed by atoms with Crippen LogP contribution in [0.5, 0.6) is 0 Å². The van der Waals surface area contributed by atoms with E-state index >= 15 is 0 Å². The Hall–Kier alpha value is -0.540. The van der Waals surface area contributed by atoms with Crippen LogP contribution in [-0.2, 0) is 0 Å². The molecule has 1 fully saturated rings. The first-order valence-corrected chi connectivity index (χ1v) is 6.51. The van der Waals surface area contributed by atoms with Crippen molar-refractivity contribution in [1.82, 2.24) is 5.32 Å². The fraction of sp³-hybridized carbons (Fsp3) is 0.417. The molecule has 0 aromatic heterocycles.